The number of carbonyl (C=O) groups is 1. The molecule has 2 unspecified atom stereocenters. The Morgan fingerprint density at radius 2 is 1.73 bits per heavy atom. The number of nitrogens with zero attached hydrogens (tertiary/aromatic N) is 1. The van der Waals surface area contributed by atoms with Crippen molar-refractivity contribution in [1.29, 1.82) is 0 Å². The molecular weight excluding hydrogens is 274 g/mol. The molecule has 0 spiro atoms. The van der Waals surface area contributed by atoms with Crippen LogP contribution in [0.25, 0.3) is 0 Å². The summed E-state index contributed by atoms with van der Waals surface area (Å²) < 4.78 is 6.08. The summed E-state index contributed by atoms with van der Waals surface area (Å²) in [5.41, 5.74) is 0.564. The number of benzene rings is 1. The second-order valence-electron chi connectivity index (χ2n) is 5.97. The summed E-state index contributed by atoms with van der Waals surface area (Å²) in [7, 11) is 0. The average Bonchev–Trinajstić information content (AvgIpc) is 2.55. The third kappa shape index (κ3) is 4.49. The standard InChI is InChI=1S/C19H31NO2/c1-6-16(5)15-19(7-2,17-13-11-10-12-14-17)22-18(21)20(8-3)9-4/h10-14,16H,6-9,15H2,1-5H3. The topological polar surface area (TPSA) is 29.5 Å². The molecule has 0 fully saturated rings. The van der Waals surface area contributed by atoms with E-state index in [0.717, 1.165) is 24.8 Å². The first-order chi connectivity index (χ1) is 10.5. The highest BCUT2D eigenvalue weighted by Gasteiger charge is 2.36. The third-order valence-electron chi connectivity index (χ3n) is 4.55. The lowest BCUT2D eigenvalue weighted by Gasteiger charge is -2.37. The van der Waals surface area contributed by atoms with Gasteiger partial charge in [-0.2, -0.15) is 0 Å². The van der Waals surface area contributed by atoms with Crippen LogP contribution in [0.15, 0.2) is 30.3 Å². The van der Waals surface area contributed by atoms with Gasteiger partial charge in [0.2, 0.25) is 0 Å². The fraction of sp³-hybridized carbons (Fsp3) is 0.632. The molecule has 1 aromatic rings. The van der Waals surface area contributed by atoms with Crippen molar-refractivity contribution in [1.82, 2.24) is 4.90 Å². The van der Waals surface area contributed by atoms with Gasteiger partial charge in [0.1, 0.15) is 5.60 Å². The van der Waals surface area contributed by atoms with Crippen LogP contribution in [0, 0.1) is 5.92 Å². The Morgan fingerprint density at radius 1 is 1.14 bits per heavy atom. The van der Waals surface area contributed by atoms with Gasteiger partial charge in [0, 0.05) is 13.1 Å². The van der Waals surface area contributed by atoms with Crippen molar-refractivity contribution >= 4 is 6.09 Å². The molecule has 0 saturated heterocycles. The maximum Gasteiger partial charge on any atom is 0.410 e. The van der Waals surface area contributed by atoms with Gasteiger partial charge in [-0.25, -0.2) is 4.79 Å². The first kappa shape index (κ1) is 18.5. The van der Waals surface area contributed by atoms with Crippen LogP contribution >= 0.6 is 0 Å². The molecule has 0 N–H and O–H groups in total. The van der Waals surface area contributed by atoms with Crippen LogP contribution in [0.3, 0.4) is 0 Å². The van der Waals surface area contributed by atoms with Crippen molar-refractivity contribution in [3.63, 3.8) is 0 Å². The zero-order valence-electron chi connectivity index (χ0n) is 14.8. The summed E-state index contributed by atoms with van der Waals surface area (Å²) >= 11 is 0. The molecule has 124 valence electrons. The molecule has 1 aromatic carbocycles. The van der Waals surface area contributed by atoms with E-state index in [1.807, 2.05) is 32.0 Å². The second-order valence-corrected chi connectivity index (χ2v) is 5.97. The largest absolute Gasteiger partial charge is 0.438 e. The van der Waals surface area contributed by atoms with Crippen LogP contribution in [-0.2, 0) is 10.3 Å². The van der Waals surface area contributed by atoms with Gasteiger partial charge in [-0.3, -0.25) is 0 Å². The Balaban J connectivity index is 3.12. The minimum atomic E-state index is -0.531. The zero-order chi connectivity index (χ0) is 16.6. The van der Waals surface area contributed by atoms with E-state index in [2.05, 4.69) is 32.9 Å². The van der Waals surface area contributed by atoms with Crippen molar-refractivity contribution in [2.24, 2.45) is 5.92 Å². The fourth-order valence-corrected chi connectivity index (χ4v) is 2.80. The monoisotopic (exact) mass is 305 g/mol. The Morgan fingerprint density at radius 3 is 2.18 bits per heavy atom. The molecule has 3 heteroatoms. The van der Waals surface area contributed by atoms with Crippen LogP contribution in [0.5, 0.6) is 0 Å². The lowest BCUT2D eigenvalue weighted by atomic mass is 9.82. The number of hydrogen-bond donors (Lipinski definition) is 0. The van der Waals surface area contributed by atoms with E-state index >= 15 is 0 Å². The Hall–Kier alpha value is -1.51. The summed E-state index contributed by atoms with van der Waals surface area (Å²) in [6.45, 7) is 11.8. The minimum Gasteiger partial charge on any atom is -0.438 e. The van der Waals surface area contributed by atoms with Crippen LogP contribution in [0.4, 0.5) is 4.79 Å². The normalized spacial score (nSPS) is 15.0. The van der Waals surface area contributed by atoms with Gasteiger partial charge in [0.25, 0.3) is 0 Å². The van der Waals surface area contributed by atoms with Gasteiger partial charge in [0.15, 0.2) is 0 Å². The lowest BCUT2D eigenvalue weighted by molar-refractivity contribution is -0.0307. The second kappa shape index (κ2) is 8.82. The quantitative estimate of drug-likeness (QED) is 0.660. The highest BCUT2D eigenvalue weighted by Crippen LogP contribution is 2.37. The highest BCUT2D eigenvalue weighted by molar-refractivity contribution is 5.68. The predicted octanol–water partition coefficient (Wildman–Crippen LogP) is 5.21. The van der Waals surface area contributed by atoms with E-state index in [1.54, 1.807) is 4.90 Å². The number of carbonyl (C=O) groups excluding carboxylic acids is 1. The first-order valence-corrected chi connectivity index (χ1v) is 8.56. The minimum absolute atomic E-state index is 0.209. The highest BCUT2D eigenvalue weighted by atomic mass is 16.6. The number of rotatable bonds is 8. The van der Waals surface area contributed by atoms with E-state index in [-0.39, 0.29) is 6.09 Å². The Bertz CT molecular complexity index is 442. The molecule has 0 bridgehead atoms. The van der Waals surface area contributed by atoms with E-state index < -0.39 is 5.60 Å². The maximum absolute atomic E-state index is 12.5. The van der Waals surface area contributed by atoms with Gasteiger partial charge in [-0.1, -0.05) is 57.5 Å². The molecule has 0 heterocycles. The molecule has 1 amide bonds. The summed E-state index contributed by atoms with van der Waals surface area (Å²) in [5.74, 6) is 0.504. The van der Waals surface area contributed by atoms with Crippen LogP contribution < -0.4 is 0 Å². The maximum atomic E-state index is 12.5. The molecule has 0 aliphatic rings. The number of ether oxygens (including phenoxy) is 1. The summed E-state index contributed by atoms with van der Waals surface area (Å²) in [6.07, 6.45) is 2.52. The van der Waals surface area contributed by atoms with Crippen molar-refractivity contribution in [2.45, 2.75) is 59.5 Å². The Kier molecular flexibility index (Phi) is 7.43. The molecule has 3 nitrogen and oxygen atoms in total. The van der Waals surface area contributed by atoms with Crippen molar-refractivity contribution < 1.29 is 9.53 Å². The average molecular weight is 305 g/mol. The van der Waals surface area contributed by atoms with Gasteiger partial charge in [0.05, 0.1) is 0 Å². The van der Waals surface area contributed by atoms with Crippen LogP contribution in [0.1, 0.15) is 59.4 Å². The first-order valence-electron chi connectivity index (χ1n) is 8.56. The smallest absolute Gasteiger partial charge is 0.410 e. The van der Waals surface area contributed by atoms with Gasteiger partial charge in [-0.05, 0) is 38.2 Å². The number of hydrogen-bond acceptors (Lipinski definition) is 2. The van der Waals surface area contributed by atoms with Crippen LogP contribution in [-0.4, -0.2) is 24.1 Å². The molecule has 0 radical (unpaired) electrons. The molecule has 0 aliphatic carbocycles. The molecule has 0 aromatic heterocycles. The summed E-state index contributed by atoms with van der Waals surface area (Å²) in [5, 5.41) is 0. The predicted molar refractivity (Wildman–Crippen MR) is 91.9 cm³/mol. The van der Waals surface area contributed by atoms with E-state index in [4.69, 9.17) is 4.74 Å². The van der Waals surface area contributed by atoms with Gasteiger partial charge >= 0.3 is 6.09 Å². The van der Waals surface area contributed by atoms with Crippen molar-refractivity contribution in [3.05, 3.63) is 35.9 Å². The van der Waals surface area contributed by atoms with Crippen LogP contribution in [0.2, 0.25) is 0 Å². The van der Waals surface area contributed by atoms with Gasteiger partial charge in [-0.15, -0.1) is 0 Å². The molecule has 0 aliphatic heterocycles. The fourth-order valence-electron chi connectivity index (χ4n) is 2.80. The number of amides is 1. The SMILES string of the molecule is CCC(C)CC(CC)(OC(=O)N(CC)CC)c1ccccc1. The Labute approximate surface area is 135 Å². The summed E-state index contributed by atoms with van der Waals surface area (Å²) in [4.78, 5) is 14.3. The van der Waals surface area contributed by atoms with E-state index in [9.17, 15) is 4.79 Å². The third-order valence-corrected chi connectivity index (χ3v) is 4.55. The molecule has 1 rings (SSSR count). The molecular formula is C19H31NO2. The van der Waals surface area contributed by atoms with E-state index in [1.165, 1.54) is 0 Å². The molecule has 22 heavy (non-hydrogen) atoms. The molecule has 0 saturated carbocycles. The summed E-state index contributed by atoms with van der Waals surface area (Å²) in [6, 6.07) is 10.2. The van der Waals surface area contributed by atoms with Crippen molar-refractivity contribution in [2.75, 3.05) is 13.1 Å². The lowest BCUT2D eigenvalue weighted by Crippen LogP contribution is -2.40. The zero-order valence-corrected chi connectivity index (χ0v) is 14.8. The van der Waals surface area contributed by atoms with Crippen molar-refractivity contribution in [3.8, 4) is 0 Å². The molecule has 2 atom stereocenters. The van der Waals surface area contributed by atoms with E-state index in [0.29, 0.717) is 19.0 Å². The van der Waals surface area contributed by atoms with Gasteiger partial charge < -0.3 is 9.64 Å².